The van der Waals surface area contributed by atoms with Gasteiger partial charge in [-0.3, -0.25) is 9.59 Å². The molecule has 2 unspecified atom stereocenters. The highest BCUT2D eigenvalue weighted by Gasteiger charge is 2.78. The molecule has 1 aromatic heterocycles. The maximum absolute atomic E-state index is 13.5. The zero-order valence-corrected chi connectivity index (χ0v) is 24.1. The summed E-state index contributed by atoms with van der Waals surface area (Å²) in [5.74, 6) is -1.43. The van der Waals surface area contributed by atoms with Crippen LogP contribution in [0.4, 0.5) is 0 Å². The van der Waals surface area contributed by atoms with Gasteiger partial charge in [0.2, 0.25) is 5.91 Å². The summed E-state index contributed by atoms with van der Waals surface area (Å²) in [6, 6.07) is 8.36. The number of H-pyrrole nitrogens is 1. The van der Waals surface area contributed by atoms with E-state index in [9.17, 15) is 14.7 Å². The predicted octanol–water partition coefficient (Wildman–Crippen LogP) is 3.84. The molecule has 1 spiro atoms. The van der Waals surface area contributed by atoms with Crippen LogP contribution in [0.5, 0.6) is 0 Å². The number of aliphatic hydroxyl groups is 1. The van der Waals surface area contributed by atoms with Gasteiger partial charge in [-0.1, -0.05) is 39.0 Å². The molecular weight excluding hydrogens is 508 g/mol. The first-order valence-electron chi connectivity index (χ1n) is 14.8. The smallest absolute Gasteiger partial charge is 0.246 e. The fraction of sp³-hybridized carbons (Fsp3) is 0.625. The van der Waals surface area contributed by atoms with E-state index in [0.29, 0.717) is 31.4 Å². The summed E-state index contributed by atoms with van der Waals surface area (Å²) >= 11 is 0. The van der Waals surface area contributed by atoms with Crippen LogP contribution in [0.25, 0.3) is 10.9 Å². The van der Waals surface area contributed by atoms with Crippen molar-refractivity contribution in [1.82, 2.24) is 10.3 Å². The van der Waals surface area contributed by atoms with E-state index < -0.39 is 40.0 Å². The fourth-order valence-electron chi connectivity index (χ4n) is 9.08. The van der Waals surface area contributed by atoms with Crippen molar-refractivity contribution in [3.8, 4) is 0 Å². The van der Waals surface area contributed by atoms with E-state index in [4.69, 9.17) is 14.2 Å². The van der Waals surface area contributed by atoms with Crippen molar-refractivity contribution in [2.24, 2.45) is 11.3 Å². The molecule has 1 amide bonds. The second kappa shape index (κ2) is 8.28. The monoisotopic (exact) mass is 548 g/mol. The Morgan fingerprint density at radius 2 is 1.98 bits per heavy atom. The molecular formula is C32H40N2O6. The number of rotatable bonds is 5. The van der Waals surface area contributed by atoms with E-state index in [0.717, 1.165) is 24.1 Å². The number of para-hydroxylation sites is 1. The van der Waals surface area contributed by atoms with Gasteiger partial charge in [-0.05, 0) is 63.2 Å². The van der Waals surface area contributed by atoms with Gasteiger partial charge in [-0.25, -0.2) is 0 Å². The van der Waals surface area contributed by atoms with Gasteiger partial charge in [-0.2, -0.15) is 0 Å². The minimum absolute atomic E-state index is 0.162. The summed E-state index contributed by atoms with van der Waals surface area (Å²) in [5.41, 5.74) is 0.358. The third-order valence-corrected chi connectivity index (χ3v) is 11.2. The van der Waals surface area contributed by atoms with Crippen molar-refractivity contribution < 1.29 is 28.9 Å². The number of carbonyl (C=O) groups is 2. The summed E-state index contributed by atoms with van der Waals surface area (Å²) in [6.07, 6.45) is 3.48. The van der Waals surface area contributed by atoms with Gasteiger partial charge < -0.3 is 29.6 Å². The molecule has 3 N–H and O–H groups in total. The highest BCUT2D eigenvalue weighted by molar-refractivity contribution is 5.97. The van der Waals surface area contributed by atoms with E-state index in [1.54, 1.807) is 6.08 Å². The van der Waals surface area contributed by atoms with Crippen LogP contribution in [-0.2, 0) is 35.6 Å². The van der Waals surface area contributed by atoms with E-state index in [1.165, 1.54) is 10.9 Å². The average molecular weight is 549 g/mol. The number of aromatic amines is 1. The molecule has 3 aliphatic carbocycles. The van der Waals surface area contributed by atoms with Gasteiger partial charge >= 0.3 is 0 Å². The molecule has 1 saturated heterocycles. The van der Waals surface area contributed by atoms with Gasteiger partial charge in [0.25, 0.3) is 0 Å². The second-order valence-electron chi connectivity index (χ2n) is 13.5. The Bertz CT molecular complexity index is 1460. The Kier molecular flexibility index (Phi) is 5.46. The van der Waals surface area contributed by atoms with Crippen LogP contribution in [0.1, 0.15) is 71.6 Å². The fourth-order valence-corrected chi connectivity index (χ4v) is 9.08. The van der Waals surface area contributed by atoms with E-state index in [-0.39, 0.29) is 24.2 Å². The summed E-state index contributed by atoms with van der Waals surface area (Å²) < 4.78 is 19.4. The molecule has 3 heterocycles. The number of aromatic nitrogens is 1. The maximum atomic E-state index is 13.5. The van der Waals surface area contributed by atoms with Gasteiger partial charge in [0.1, 0.15) is 17.8 Å². The van der Waals surface area contributed by atoms with Crippen LogP contribution < -0.4 is 5.32 Å². The zero-order valence-electron chi connectivity index (χ0n) is 24.1. The number of nitrogens with one attached hydrogen (secondary N) is 2. The molecule has 2 bridgehead atoms. The molecule has 7 atom stereocenters. The Balaban J connectivity index is 1.38. The largest absolute Gasteiger partial charge is 0.382 e. The average Bonchev–Trinajstić information content (AvgIpc) is 3.50. The number of ether oxygens (including phenoxy) is 3. The van der Waals surface area contributed by atoms with Crippen molar-refractivity contribution in [1.29, 1.82) is 0 Å². The number of fused-ring (bicyclic) bond motifs is 9. The van der Waals surface area contributed by atoms with Gasteiger partial charge in [-0.15, -0.1) is 0 Å². The van der Waals surface area contributed by atoms with Gasteiger partial charge in [0.05, 0.1) is 6.10 Å². The van der Waals surface area contributed by atoms with E-state index >= 15 is 0 Å². The van der Waals surface area contributed by atoms with Crippen molar-refractivity contribution in [2.45, 2.75) is 101 Å². The quantitative estimate of drug-likeness (QED) is 0.524. The summed E-state index contributed by atoms with van der Waals surface area (Å²) in [4.78, 5) is 29.9. The van der Waals surface area contributed by atoms with Crippen LogP contribution in [0.3, 0.4) is 0 Å². The Labute approximate surface area is 234 Å². The summed E-state index contributed by atoms with van der Waals surface area (Å²) in [7, 11) is 0. The van der Waals surface area contributed by atoms with Crippen molar-refractivity contribution in [2.75, 3.05) is 13.2 Å². The number of hydrogen-bond acceptors (Lipinski definition) is 6. The number of hydrogen-bond donors (Lipinski definition) is 3. The lowest BCUT2D eigenvalue weighted by Crippen LogP contribution is -2.75. The summed E-state index contributed by atoms with van der Waals surface area (Å²) in [5, 5.41) is 17.4. The van der Waals surface area contributed by atoms with Crippen molar-refractivity contribution in [3.05, 3.63) is 47.2 Å². The first-order chi connectivity index (χ1) is 18.9. The molecule has 40 heavy (non-hydrogen) atoms. The Morgan fingerprint density at radius 3 is 2.75 bits per heavy atom. The number of carbonyl (C=O) groups excluding carboxylic acids is 2. The van der Waals surface area contributed by atoms with E-state index in [1.807, 2.05) is 26.8 Å². The van der Waals surface area contributed by atoms with Crippen molar-refractivity contribution >= 4 is 22.6 Å². The first-order valence-corrected chi connectivity index (χ1v) is 14.8. The van der Waals surface area contributed by atoms with Gasteiger partial charge in [0, 0.05) is 46.0 Å². The molecule has 8 nitrogen and oxygen atoms in total. The highest BCUT2D eigenvalue weighted by atomic mass is 16.8. The second-order valence-corrected chi connectivity index (χ2v) is 13.5. The minimum Gasteiger partial charge on any atom is -0.382 e. The SMILES string of the molecule is CCCNC(=O)CO[C@H]1C[C@H]2Cc3c([nH]c4ccccc34)[C@]2(C)C2(C)CC[C@@]34OC(C(=O)C=C3[C@]12O)C(C)(C)O4. The standard InChI is InChI=1S/C32H40N2O6/c1-6-13-33-25(36)17-38-24-15-18-14-20-19-9-7-8-10-21(19)34-26(20)30(18,5)29(4)11-12-31-23(32(24,29)37)16-22(35)27(39-31)28(2,3)40-31/h7-10,16,18,24,27,34,37H,6,11-15,17H2,1-5H3,(H,33,36)/t18-,24+,27?,29?,30-,31+,32+/m1/s1. The predicted molar refractivity (Wildman–Crippen MR) is 149 cm³/mol. The highest BCUT2D eigenvalue weighted by Crippen LogP contribution is 2.72. The lowest BCUT2D eigenvalue weighted by molar-refractivity contribution is -0.279. The van der Waals surface area contributed by atoms with Gasteiger partial charge in [0.15, 0.2) is 17.7 Å². The summed E-state index contributed by atoms with van der Waals surface area (Å²) in [6.45, 7) is 10.6. The first kappa shape index (κ1) is 26.4. The van der Waals surface area contributed by atoms with Crippen LogP contribution in [0.15, 0.2) is 35.9 Å². The van der Waals surface area contributed by atoms with Crippen molar-refractivity contribution in [3.63, 3.8) is 0 Å². The zero-order chi connectivity index (χ0) is 28.3. The van der Waals surface area contributed by atoms with Crippen LogP contribution in [0, 0.1) is 11.3 Å². The molecule has 2 aliphatic heterocycles. The molecule has 5 aliphatic rings. The maximum Gasteiger partial charge on any atom is 0.246 e. The van der Waals surface area contributed by atoms with Crippen LogP contribution >= 0.6 is 0 Å². The molecule has 2 saturated carbocycles. The molecule has 7 rings (SSSR count). The topological polar surface area (TPSA) is 110 Å². The number of amides is 1. The third-order valence-electron chi connectivity index (χ3n) is 11.2. The normalized spacial score (nSPS) is 40.7. The molecule has 214 valence electrons. The lowest BCUT2D eigenvalue weighted by Gasteiger charge is -2.67. The molecule has 0 radical (unpaired) electrons. The third kappa shape index (κ3) is 3.06. The Hall–Kier alpha value is -2.52. The molecule has 8 heteroatoms. The molecule has 3 fully saturated rings. The Morgan fingerprint density at radius 1 is 1.20 bits per heavy atom. The lowest BCUT2D eigenvalue weighted by atomic mass is 9.41. The van der Waals surface area contributed by atoms with Crippen LogP contribution in [-0.4, -0.2) is 64.1 Å². The number of benzene rings is 1. The van der Waals surface area contributed by atoms with E-state index in [2.05, 4.69) is 42.3 Å². The minimum atomic E-state index is -1.61. The number of ketones is 1. The van der Waals surface area contributed by atoms with Crippen LogP contribution in [0.2, 0.25) is 0 Å². The molecule has 2 aromatic rings. The molecule has 1 aromatic carbocycles.